The number of likely N-dealkylation sites (tertiary alicyclic amines) is 1. The number of esters is 1. The van der Waals surface area contributed by atoms with E-state index in [0.717, 1.165) is 11.1 Å². The zero-order chi connectivity index (χ0) is 39.8. The Morgan fingerprint density at radius 2 is 1.50 bits per heavy atom. The standard InChI is InChI=1S/C39H56N6O9/c1-6-25(4)34(37(50)43-33(24(2)3)38(51)53-5)44-36(49)30-18-13-19-45(30)22-31(46)28(20-26-14-9-7-10-15-26)41-35(48)29(21-32(40)47)42-39(52)54-23-27-16-11-8-12-17-27/h7-12,14-17,24-25,28-31,33-34,46H,6,13,18-23H2,1-5H3,(H2,40,47)(H,41,48)(H,42,52)(H,43,50)(H,44,49)/t25-,28-,29-,30-,31?,33-,34-/m0/s1. The smallest absolute Gasteiger partial charge is 0.408 e. The molecular weight excluding hydrogens is 696 g/mol. The molecule has 0 saturated carbocycles. The molecule has 0 aromatic heterocycles. The Kier molecular flexibility index (Phi) is 17.4. The van der Waals surface area contributed by atoms with Crippen LogP contribution in [-0.2, 0) is 46.5 Å². The van der Waals surface area contributed by atoms with Crippen LogP contribution in [0.5, 0.6) is 0 Å². The molecule has 0 spiro atoms. The highest BCUT2D eigenvalue weighted by Gasteiger charge is 2.38. The van der Waals surface area contributed by atoms with Gasteiger partial charge >= 0.3 is 12.1 Å². The quantitative estimate of drug-likeness (QED) is 0.107. The van der Waals surface area contributed by atoms with Crippen LogP contribution in [0.3, 0.4) is 0 Å². The maximum atomic E-state index is 13.8. The Balaban J connectivity index is 1.75. The fourth-order valence-electron chi connectivity index (χ4n) is 6.28. The minimum atomic E-state index is -1.39. The molecule has 54 heavy (non-hydrogen) atoms. The van der Waals surface area contributed by atoms with Crippen LogP contribution in [0.4, 0.5) is 4.79 Å². The molecule has 2 aromatic rings. The van der Waals surface area contributed by atoms with Crippen molar-refractivity contribution in [2.45, 2.75) is 103 Å². The Morgan fingerprint density at radius 3 is 2.07 bits per heavy atom. The van der Waals surface area contributed by atoms with E-state index in [-0.39, 0.29) is 31.4 Å². The van der Waals surface area contributed by atoms with Crippen molar-refractivity contribution in [2.24, 2.45) is 17.6 Å². The monoisotopic (exact) mass is 752 g/mol. The number of methoxy groups -OCH3 is 1. The largest absolute Gasteiger partial charge is 0.467 e. The molecule has 2 aromatic carbocycles. The van der Waals surface area contributed by atoms with E-state index in [1.807, 2.05) is 50.2 Å². The first kappa shape index (κ1) is 43.4. The van der Waals surface area contributed by atoms with Gasteiger partial charge in [-0.05, 0) is 48.8 Å². The summed E-state index contributed by atoms with van der Waals surface area (Å²) < 4.78 is 10.1. The number of benzene rings is 2. The lowest BCUT2D eigenvalue weighted by molar-refractivity contribution is -0.147. The van der Waals surface area contributed by atoms with E-state index < -0.39 is 78.4 Å². The van der Waals surface area contributed by atoms with Crippen molar-refractivity contribution in [2.75, 3.05) is 20.2 Å². The van der Waals surface area contributed by atoms with Crippen LogP contribution in [0.15, 0.2) is 60.7 Å². The van der Waals surface area contributed by atoms with Gasteiger partial charge in [0.05, 0.1) is 31.7 Å². The summed E-state index contributed by atoms with van der Waals surface area (Å²) >= 11 is 0. The summed E-state index contributed by atoms with van der Waals surface area (Å²) in [6, 6.07) is 13.3. The minimum absolute atomic E-state index is 0.0130. The van der Waals surface area contributed by atoms with Crippen molar-refractivity contribution in [3.8, 4) is 0 Å². The summed E-state index contributed by atoms with van der Waals surface area (Å²) in [7, 11) is 1.25. The highest BCUT2D eigenvalue weighted by atomic mass is 16.5. The number of β-amino-alcohol motifs (C(OH)–C–C–N with tert-alkyl or cyclic N) is 1. The molecule has 1 saturated heterocycles. The summed E-state index contributed by atoms with van der Waals surface area (Å²) in [5.74, 6) is -3.58. The highest BCUT2D eigenvalue weighted by Crippen LogP contribution is 2.21. The lowest BCUT2D eigenvalue weighted by Gasteiger charge is -2.33. The molecule has 7 N–H and O–H groups in total. The third kappa shape index (κ3) is 13.4. The van der Waals surface area contributed by atoms with E-state index in [4.69, 9.17) is 15.2 Å². The molecule has 3 rings (SSSR count). The number of amides is 5. The number of carbonyl (C=O) groups excluding carboxylic acids is 6. The molecule has 1 aliphatic rings. The van der Waals surface area contributed by atoms with E-state index in [2.05, 4.69) is 21.3 Å². The molecule has 0 radical (unpaired) electrons. The third-order valence-corrected chi connectivity index (χ3v) is 9.62. The predicted molar refractivity (Wildman–Crippen MR) is 200 cm³/mol. The summed E-state index contributed by atoms with van der Waals surface area (Å²) in [5, 5.41) is 22.5. The number of rotatable bonds is 20. The second kappa shape index (κ2) is 21.6. The molecular formula is C39H56N6O9. The van der Waals surface area contributed by atoms with E-state index in [1.165, 1.54) is 7.11 Å². The number of nitrogens with zero attached hydrogens (tertiary/aromatic N) is 1. The number of nitrogens with two attached hydrogens (primary N) is 1. The first-order valence-corrected chi connectivity index (χ1v) is 18.4. The number of alkyl carbamates (subject to hydrolysis) is 1. The fraction of sp³-hybridized carbons (Fsp3) is 0.538. The van der Waals surface area contributed by atoms with Crippen LogP contribution in [0.2, 0.25) is 0 Å². The molecule has 296 valence electrons. The van der Waals surface area contributed by atoms with Gasteiger partial charge in [-0.25, -0.2) is 9.59 Å². The first-order valence-electron chi connectivity index (χ1n) is 18.4. The number of hydrogen-bond donors (Lipinski definition) is 6. The zero-order valence-corrected chi connectivity index (χ0v) is 31.8. The molecule has 15 heteroatoms. The molecule has 0 aliphatic carbocycles. The lowest BCUT2D eigenvalue weighted by Crippen LogP contribution is -2.59. The number of ether oxygens (including phenoxy) is 2. The summed E-state index contributed by atoms with van der Waals surface area (Å²) in [6.45, 7) is 7.69. The van der Waals surface area contributed by atoms with E-state index >= 15 is 0 Å². The van der Waals surface area contributed by atoms with Crippen molar-refractivity contribution in [3.63, 3.8) is 0 Å². The molecule has 1 fully saturated rings. The van der Waals surface area contributed by atoms with Gasteiger partial charge in [0, 0.05) is 6.54 Å². The van der Waals surface area contributed by atoms with Gasteiger partial charge in [-0.2, -0.15) is 0 Å². The second-order valence-corrected chi connectivity index (χ2v) is 14.1. The van der Waals surface area contributed by atoms with Gasteiger partial charge in [-0.3, -0.25) is 24.1 Å². The Hall–Kier alpha value is -5.02. The van der Waals surface area contributed by atoms with Crippen LogP contribution in [0.25, 0.3) is 0 Å². The predicted octanol–water partition coefficient (Wildman–Crippen LogP) is 1.55. The van der Waals surface area contributed by atoms with Crippen LogP contribution >= 0.6 is 0 Å². The Labute approximate surface area is 317 Å². The minimum Gasteiger partial charge on any atom is -0.467 e. The van der Waals surface area contributed by atoms with Gasteiger partial charge in [0.25, 0.3) is 0 Å². The van der Waals surface area contributed by atoms with Gasteiger partial charge in [-0.1, -0.05) is 94.8 Å². The number of nitrogens with one attached hydrogen (secondary N) is 4. The topological polar surface area (TPSA) is 218 Å². The maximum Gasteiger partial charge on any atom is 0.408 e. The van der Waals surface area contributed by atoms with E-state index in [9.17, 15) is 33.9 Å². The van der Waals surface area contributed by atoms with Crippen molar-refractivity contribution < 1.29 is 43.3 Å². The molecule has 1 aliphatic heterocycles. The Morgan fingerprint density at radius 1 is 0.870 bits per heavy atom. The molecule has 0 bridgehead atoms. The number of carbonyl (C=O) groups is 6. The average molecular weight is 753 g/mol. The van der Waals surface area contributed by atoms with Crippen molar-refractivity contribution in [1.29, 1.82) is 0 Å². The number of aliphatic hydroxyl groups excluding tert-OH is 1. The number of hydrogen-bond acceptors (Lipinski definition) is 10. The van der Waals surface area contributed by atoms with Crippen LogP contribution in [0.1, 0.15) is 64.5 Å². The van der Waals surface area contributed by atoms with Crippen LogP contribution in [-0.4, -0.2) is 102 Å². The average Bonchev–Trinajstić information content (AvgIpc) is 3.62. The van der Waals surface area contributed by atoms with Gasteiger partial charge in [0.15, 0.2) is 0 Å². The molecule has 7 atom stereocenters. The van der Waals surface area contributed by atoms with Gasteiger partial charge in [0.1, 0.15) is 24.7 Å². The third-order valence-electron chi connectivity index (χ3n) is 9.62. The SMILES string of the molecule is CC[C@H](C)[C@H](NC(=O)[C@@H]1CCCN1CC(O)[C@H](Cc1ccccc1)NC(=O)[C@H](CC(N)=O)NC(=O)OCc1ccccc1)C(=O)N[C@H](C(=O)OC)C(C)C. The second-order valence-electron chi connectivity index (χ2n) is 14.1. The van der Waals surface area contributed by atoms with Crippen molar-refractivity contribution >= 4 is 35.7 Å². The maximum absolute atomic E-state index is 13.8. The molecule has 5 amide bonds. The fourth-order valence-corrected chi connectivity index (χ4v) is 6.28. The van der Waals surface area contributed by atoms with E-state index in [0.29, 0.717) is 25.8 Å². The zero-order valence-electron chi connectivity index (χ0n) is 31.8. The summed E-state index contributed by atoms with van der Waals surface area (Å²) in [6.07, 6.45) is -0.773. The van der Waals surface area contributed by atoms with Gasteiger partial charge in [0.2, 0.25) is 23.6 Å². The molecule has 15 nitrogen and oxygen atoms in total. The van der Waals surface area contributed by atoms with Crippen molar-refractivity contribution in [1.82, 2.24) is 26.2 Å². The molecule has 1 unspecified atom stereocenters. The first-order chi connectivity index (χ1) is 25.7. The van der Waals surface area contributed by atoms with E-state index in [1.54, 1.807) is 43.0 Å². The van der Waals surface area contributed by atoms with Gasteiger partial charge < -0.3 is 41.6 Å². The highest BCUT2D eigenvalue weighted by molar-refractivity contribution is 5.92. The van der Waals surface area contributed by atoms with Crippen LogP contribution < -0.4 is 27.0 Å². The summed E-state index contributed by atoms with van der Waals surface area (Å²) in [4.78, 5) is 79.6. The lowest BCUT2D eigenvalue weighted by atomic mass is 9.96. The normalized spacial score (nSPS) is 17.6. The number of aliphatic hydroxyl groups is 1. The summed E-state index contributed by atoms with van der Waals surface area (Å²) in [5.41, 5.74) is 6.95. The van der Waals surface area contributed by atoms with Crippen molar-refractivity contribution in [3.05, 3.63) is 71.8 Å². The number of primary amides is 1. The van der Waals surface area contributed by atoms with Gasteiger partial charge in [-0.15, -0.1) is 0 Å². The van der Waals surface area contributed by atoms with Crippen LogP contribution in [0, 0.1) is 11.8 Å². The molecule has 1 heterocycles. The Bertz CT molecular complexity index is 1540.